The van der Waals surface area contributed by atoms with Crippen LogP contribution in [0.5, 0.6) is 0 Å². The minimum atomic E-state index is -4.16. The van der Waals surface area contributed by atoms with Crippen LogP contribution >= 0.6 is 23.2 Å². The van der Waals surface area contributed by atoms with Crippen LogP contribution in [0.15, 0.2) is 16.9 Å². The normalized spacial score (nSPS) is 11.9. The molecule has 1 amide bonds. The standard InChI is InChI=1S/C14H14Cl2F2N4O5S/c1-7-19-21(14(24)20(7)13(17)18)10-5-11(9(16)4-8(10)15)22(28(3,25)26)12(23)6-27-2/h4-5,13H,6H2,1-3H3. The average molecular weight is 459 g/mol. The average Bonchev–Trinajstić information content (AvgIpc) is 2.83. The number of benzene rings is 1. The molecule has 1 heterocycles. The first-order valence-electron chi connectivity index (χ1n) is 7.38. The fourth-order valence-corrected chi connectivity index (χ4v) is 3.91. The van der Waals surface area contributed by atoms with Gasteiger partial charge < -0.3 is 4.74 Å². The number of amides is 1. The first kappa shape index (κ1) is 22.3. The predicted molar refractivity (Wildman–Crippen MR) is 98.0 cm³/mol. The number of sulfonamides is 1. The van der Waals surface area contributed by atoms with Crippen molar-refractivity contribution in [3.8, 4) is 5.69 Å². The topological polar surface area (TPSA) is 104 Å². The van der Waals surface area contributed by atoms with Crippen molar-refractivity contribution in [3.05, 3.63) is 38.5 Å². The van der Waals surface area contributed by atoms with Gasteiger partial charge in [0.1, 0.15) is 12.4 Å². The molecule has 0 aliphatic carbocycles. The van der Waals surface area contributed by atoms with Gasteiger partial charge in [0.15, 0.2) is 0 Å². The van der Waals surface area contributed by atoms with Gasteiger partial charge in [-0.05, 0) is 19.1 Å². The summed E-state index contributed by atoms with van der Waals surface area (Å²) in [5.41, 5.74) is -1.80. The van der Waals surface area contributed by atoms with Crippen LogP contribution < -0.4 is 9.99 Å². The number of carbonyl (C=O) groups excluding carboxylic acids is 1. The molecule has 0 bridgehead atoms. The monoisotopic (exact) mass is 458 g/mol. The van der Waals surface area contributed by atoms with Crippen molar-refractivity contribution in [1.29, 1.82) is 0 Å². The van der Waals surface area contributed by atoms with Crippen LogP contribution in [0.1, 0.15) is 12.4 Å². The van der Waals surface area contributed by atoms with E-state index in [0.717, 1.165) is 18.4 Å². The zero-order valence-electron chi connectivity index (χ0n) is 14.7. The van der Waals surface area contributed by atoms with Gasteiger partial charge in [0.25, 0.3) is 5.91 Å². The SMILES string of the molecule is COCC(=O)N(c1cc(-n2nc(C)n(C(F)F)c2=O)c(Cl)cc1Cl)S(C)(=O)=O. The third-order valence-electron chi connectivity index (χ3n) is 3.47. The van der Waals surface area contributed by atoms with E-state index < -0.39 is 34.8 Å². The van der Waals surface area contributed by atoms with Gasteiger partial charge in [-0.15, -0.1) is 5.10 Å². The summed E-state index contributed by atoms with van der Waals surface area (Å²) in [6, 6.07) is 2.05. The summed E-state index contributed by atoms with van der Waals surface area (Å²) in [4.78, 5) is 24.5. The molecule has 28 heavy (non-hydrogen) atoms. The van der Waals surface area contributed by atoms with Crippen molar-refractivity contribution in [2.24, 2.45) is 0 Å². The van der Waals surface area contributed by atoms with Crippen LogP contribution in [0.25, 0.3) is 5.69 Å². The molecular weight excluding hydrogens is 445 g/mol. The number of nitrogens with zero attached hydrogens (tertiary/aromatic N) is 4. The van der Waals surface area contributed by atoms with Crippen LogP contribution in [0.4, 0.5) is 14.5 Å². The fraction of sp³-hybridized carbons (Fsp3) is 0.357. The van der Waals surface area contributed by atoms with Gasteiger partial charge in [-0.1, -0.05) is 23.2 Å². The second-order valence-corrected chi connectivity index (χ2v) is 8.14. The van der Waals surface area contributed by atoms with Crippen molar-refractivity contribution in [3.63, 3.8) is 0 Å². The van der Waals surface area contributed by atoms with Crippen LogP contribution in [0.3, 0.4) is 0 Å². The van der Waals surface area contributed by atoms with E-state index in [-0.39, 0.29) is 31.8 Å². The van der Waals surface area contributed by atoms with Gasteiger partial charge in [-0.2, -0.15) is 13.5 Å². The highest BCUT2D eigenvalue weighted by molar-refractivity contribution is 7.92. The zero-order valence-corrected chi connectivity index (χ0v) is 17.0. The molecule has 0 radical (unpaired) electrons. The van der Waals surface area contributed by atoms with Crippen LogP contribution in [-0.2, 0) is 19.6 Å². The lowest BCUT2D eigenvalue weighted by molar-refractivity contribution is -0.120. The highest BCUT2D eigenvalue weighted by Crippen LogP contribution is 2.34. The molecule has 9 nitrogen and oxygen atoms in total. The molecule has 1 aromatic carbocycles. The van der Waals surface area contributed by atoms with Crippen LogP contribution in [0.2, 0.25) is 10.0 Å². The number of halogens is 4. The first-order valence-corrected chi connectivity index (χ1v) is 9.98. The first-order chi connectivity index (χ1) is 12.9. The molecular formula is C14H14Cl2F2N4O5S. The molecule has 2 aromatic rings. The number of rotatable bonds is 6. The summed E-state index contributed by atoms with van der Waals surface area (Å²) in [7, 11) is -2.97. The summed E-state index contributed by atoms with van der Waals surface area (Å²) in [5.74, 6) is -1.27. The second kappa shape index (κ2) is 8.15. The number of hydrogen-bond donors (Lipinski definition) is 0. The van der Waals surface area contributed by atoms with E-state index in [1.807, 2.05) is 0 Å². The van der Waals surface area contributed by atoms with Crippen molar-refractivity contribution < 1.29 is 26.7 Å². The van der Waals surface area contributed by atoms with E-state index in [0.29, 0.717) is 8.99 Å². The predicted octanol–water partition coefficient (Wildman–Crippen LogP) is 1.98. The van der Waals surface area contributed by atoms with Gasteiger partial charge in [-0.25, -0.2) is 22.1 Å². The smallest absolute Gasteiger partial charge is 0.355 e. The van der Waals surface area contributed by atoms with Gasteiger partial charge in [-0.3, -0.25) is 4.79 Å². The van der Waals surface area contributed by atoms with Crippen molar-refractivity contribution in [1.82, 2.24) is 14.3 Å². The molecule has 0 aliphatic rings. The Morgan fingerprint density at radius 1 is 1.32 bits per heavy atom. The summed E-state index contributed by atoms with van der Waals surface area (Å²) < 4.78 is 56.0. The van der Waals surface area contributed by atoms with Crippen molar-refractivity contribution in [2.45, 2.75) is 13.5 Å². The van der Waals surface area contributed by atoms with Crippen LogP contribution in [-0.4, -0.2) is 48.6 Å². The Hall–Kier alpha value is -2.02. The maximum absolute atomic E-state index is 13.0. The summed E-state index contributed by atoms with van der Waals surface area (Å²) in [6.07, 6.45) is 0.757. The van der Waals surface area contributed by atoms with E-state index in [1.165, 1.54) is 14.0 Å². The van der Waals surface area contributed by atoms with Gasteiger partial charge in [0.2, 0.25) is 10.0 Å². The molecule has 2 rings (SSSR count). The number of alkyl halides is 2. The molecule has 0 fully saturated rings. The maximum Gasteiger partial charge on any atom is 0.355 e. The molecule has 0 saturated heterocycles. The van der Waals surface area contributed by atoms with Gasteiger partial charge in [0, 0.05) is 7.11 Å². The number of aryl methyl sites for hydroxylation is 1. The maximum atomic E-state index is 13.0. The number of ether oxygens (including phenoxy) is 1. The Kier molecular flexibility index (Phi) is 6.48. The Morgan fingerprint density at radius 3 is 2.39 bits per heavy atom. The number of anilines is 1. The number of carbonyl (C=O) groups is 1. The Bertz CT molecular complexity index is 1080. The molecule has 0 atom stereocenters. The van der Waals surface area contributed by atoms with E-state index in [2.05, 4.69) is 9.84 Å². The quantitative estimate of drug-likeness (QED) is 0.655. The fourth-order valence-electron chi connectivity index (χ4n) is 2.38. The summed E-state index contributed by atoms with van der Waals surface area (Å²) in [6.45, 7) is -2.55. The van der Waals surface area contributed by atoms with Crippen LogP contribution in [0, 0.1) is 6.92 Å². The number of hydrogen-bond acceptors (Lipinski definition) is 6. The third-order valence-corrected chi connectivity index (χ3v) is 5.13. The molecule has 154 valence electrons. The molecule has 0 aliphatic heterocycles. The molecule has 0 unspecified atom stereocenters. The Morgan fingerprint density at radius 2 is 1.93 bits per heavy atom. The highest BCUT2D eigenvalue weighted by Gasteiger charge is 2.29. The minimum Gasteiger partial charge on any atom is -0.375 e. The van der Waals surface area contributed by atoms with E-state index >= 15 is 0 Å². The molecule has 0 N–H and O–H groups in total. The van der Waals surface area contributed by atoms with E-state index in [4.69, 9.17) is 23.2 Å². The summed E-state index contributed by atoms with van der Waals surface area (Å²) in [5, 5.41) is 3.31. The Labute approximate surface area is 168 Å². The van der Waals surface area contributed by atoms with E-state index in [9.17, 15) is 26.8 Å². The van der Waals surface area contributed by atoms with Crippen molar-refractivity contribution in [2.75, 3.05) is 24.3 Å². The van der Waals surface area contributed by atoms with E-state index in [1.54, 1.807) is 0 Å². The lowest BCUT2D eigenvalue weighted by Gasteiger charge is -2.22. The lowest BCUT2D eigenvalue weighted by Crippen LogP contribution is -2.38. The van der Waals surface area contributed by atoms with Crippen molar-refractivity contribution >= 4 is 44.8 Å². The Balaban J connectivity index is 2.77. The number of aromatic nitrogens is 3. The molecule has 0 saturated carbocycles. The third kappa shape index (κ3) is 4.19. The second-order valence-electron chi connectivity index (χ2n) is 5.50. The summed E-state index contributed by atoms with van der Waals surface area (Å²) >= 11 is 12.1. The number of methoxy groups -OCH3 is 1. The molecule has 1 aromatic heterocycles. The van der Waals surface area contributed by atoms with Gasteiger partial charge >= 0.3 is 12.2 Å². The lowest BCUT2D eigenvalue weighted by atomic mass is 10.2. The minimum absolute atomic E-state index is 0.120. The largest absolute Gasteiger partial charge is 0.375 e. The molecule has 0 spiro atoms. The van der Waals surface area contributed by atoms with Gasteiger partial charge in [0.05, 0.1) is 27.7 Å². The zero-order chi connectivity index (χ0) is 21.4. The molecule has 14 heteroatoms. The highest BCUT2D eigenvalue weighted by atomic mass is 35.5.